The fourth-order valence-corrected chi connectivity index (χ4v) is 3.87. The molecule has 1 aromatic heterocycles. The van der Waals surface area contributed by atoms with Gasteiger partial charge in [0.2, 0.25) is 5.43 Å². The number of rotatable bonds is 5. The van der Waals surface area contributed by atoms with Crippen molar-refractivity contribution in [3.05, 3.63) is 33.9 Å². The largest absolute Gasteiger partial charge is 0.477 e. The summed E-state index contributed by atoms with van der Waals surface area (Å²) in [5.41, 5.74) is -1.59. The summed E-state index contributed by atoms with van der Waals surface area (Å²) in [4.78, 5) is 25.8. The van der Waals surface area contributed by atoms with Crippen LogP contribution < -0.4 is 20.4 Å². The first-order valence-corrected chi connectivity index (χ1v) is 9.35. The van der Waals surface area contributed by atoms with Crippen LogP contribution in [-0.2, 0) is 0 Å². The van der Waals surface area contributed by atoms with Crippen molar-refractivity contribution in [3.63, 3.8) is 0 Å². The third kappa shape index (κ3) is 3.52. The fraction of sp³-hybridized carbons (Fsp3) is 0.474. The van der Waals surface area contributed by atoms with Gasteiger partial charge in [-0.2, -0.15) is 8.78 Å². The molecule has 1 unspecified atom stereocenters. The summed E-state index contributed by atoms with van der Waals surface area (Å²) in [5, 5.41) is 12.3. The number of benzene rings is 1. The van der Waals surface area contributed by atoms with E-state index in [9.17, 15) is 23.5 Å². The average Bonchev–Trinajstić information content (AvgIpc) is 3.47. The number of alkyl halides is 2. The number of carbonyl (C=O) groups is 1. The summed E-state index contributed by atoms with van der Waals surface area (Å²) in [6.07, 6.45) is 2.54. The Bertz CT molecular complexity index is 1040. The molecule has 2 heterocycles. The number of anilines is 1. The number of nitrogens with one attached hydrogen (secondary N) is 1. The van der Waals surface area contributed by atoms with E-state index in [-0.39, 0.29) is 28.7 Å². The molecule has 2 aliphatic rings. The standard InChI is InChI=1S/C19H20F3N3O4/c1-9-7-24(5-4-23-9)15-13(20)6-11-14(17(15)29-19(21)22)25(10-2-3-10)8-12(16(11)26)18(27)28/h6,8-10,19,23H,2-5,7H2,1H3,(H,27,28). The fourth-order valence-electron chi connectivity index (χ4n) is 3.87. The van der Waals surface area contributed by atoms with Gasteiger partial charge in [-0.15, -0.1) is 0 Å². The maximum atomic E-state index is 15.1. The molecule has 29 heavy (non-hydrogen) atoms. The smallest absolute Gasteiger partial charge is 0.387 e. The second-order valence-electron chi connectivity index (χ2n) is 7.43. The lowest BCUT2D eigenvalue weighted by molar-refractivity contribution is -0.0488. The van der Waals surface area contributed by atoms with Crippen LogP contribution in [0.4, 0.5) is 18.9 Å². The number of halogens is 3. The van der Waals surface area contributed by atoms with E-state index in [2.05, 4.69) is 5.32 Å². The van der Waals surface area contributed by atoms with Crippen molar-refractivity contribution >= 4 is 22.6 Å². The predicted molar refractivity (Wildman–Crippen MR) is 99.7 cm³/mol. The van der Waals surface area contributed by atoms with E-state index in [1.54, 1.807) is 4.90 Å². The topological polar surface area (TPSA) is 83.8 Å². The van der Waals surface area contributed by atoms with Crippen LogP contribution in [0.15, 0.2) is 17.1 Å². The second-order valence-corrected chi connectivity index (χ2v) is 7.43. The molecule has 1 aromatic carbocycles. The zero-order valence-electron chi connectivity index (χ0n) is 15.6. The molecular weight excluding hydrogens is 391 g/mol. The number of fused-ring (bicyclic) bond motifs is 1. The van der Waals surface area contributed by atoms with Gasteiger partial charge in [0, 0.05) is 37.9 Å². The number of hydrogen-bond acceptors (Lipinski definition) is 5. The molecule has 2 fully saturated rings. The molecule has 10 heteroatoms. The summed E-state index contributed by atoms with van der Waals surface area (Å²) in [7, 11) is 0. The number of nitrogens with zero attached hydrogens (tertiary/aromatic N) is 2. The molecule has 1 atom stereocenters. The third-order valence-corrected chi connectivity index (χ3v) is 5.26. The molecular formula is C19H20F3N3O4. The van der Waals surface area contributed by atoms with E-state index in [1.165, 1.54) is 4.57 Å². The van der Waals surface area contributed by atoms with Crippen LogP contribution in [0.3, 0.4) is 0 Å². The van der Waals surface area contributed by atoms with Crippen LogP contribution in [0.25, 0.3) is 10.9 Å². The Labute approximate surface area is 163 Å². The summed E-state index contributed by atoms with van der Waals surface area (Å²) >= 11 is 0. The first-order valence-electron chi connectivity index (χ1n) is 9.35. The summed E-state index contributed by atoms with van der Waals surface area (Å²) in [6.45, 7) is -0.0881. The Balaban J connectivity index is 2.05. The van der Waals surface area contributed by atoms with Gasteiger partial charge in [0.05, 0.1) is 10.9 Å². The van der Waals surface area contributed by atoms with Crippen LogP contribution >= 0.6 is 0 Å². The minimum Gasteiger partial charge on any atom is -0.477 e. The highest BCUT2D eigenvalue weighted by Crippen LogP contribution is 2.44. The van der Waals surface area contributed by atoms with Crippen molar-refractivity contribution in [1.29, 1.82) is 0 Å². The lowest BCUT2D eigenvalue weighted by Gasteiger charge is -2.35. The number of carboxylic acid groups (broad SMARTS) is 1. The lowest BCUT2D eigenvalue weighted by atomic mass is 10.1. The zero-order valence-corrected chi connectivity index (χ0v) is 15.6. The number of ether oxygens (including phenoxy) is 1. The summed E-state index contributed by atoms with van der Waals surface area (Å²) in [5.74, 6) is -2.78. The molecule has 4 rings (SSSR count). The minimum absolute atomic E-state index is 0.00161. The Morgan fingerprint density at radius 2 is 2.10 bits per heavy atom. The molecule has 2 N–H and O–H groups in total. The molecule has 1 aliphatic carbocycles. The van der Waals surface area contributed by atoms with Crippen LogP contribution in [0.5, 0.6) is 5.75 Å². The quantitative estimate of drug-likeness (QED) is 0.787. The van der Waals surface area contributed by atoms with Gasteiger partial charge in [0.1, 0.15) is 11.3 Å². The van der Waals surface area contributed by atoms with Crippen LogP contribution in [0.2, 0.25) is 0 Å². The van der Waals surface area contributed by atoms with Crippen LogP contribution in [0.1, 0.15) is 36.2 Å². The van der Waals surface area contributed by atoms with E-state index in [4.69, 9.17) is 4.74 Å². The van der Waals surface area contributed by atoms with Crippen molar-refractivity contribution in [1.82, 2.24) is 9.88 Å². The zero-order chi connectivity index (χ0) is 20.9. The van der Waals surface area contributed by atoms with E-state index >= 15 is 4.39 Å². The molecule has 0 amide bonds. The van der Waals surface area contributed by atoms with Gasteiger partial charge in [0.25, 0.3) is 0 Å². The number of carboxylic acids is 1. The highest BCUT2D eigenvalue weighted by Gasteiger charge is 2.33. The third-order valence-electron chi connectivity index (χ3n) is 5.26. The molecule has 0 bridgehead atoms. The van der Waals surface area contributed by atoms with Gasteiger partial charge in [-0.1, -0.05) is 0 Å². The van der Waals surface area contributed by atoms with Crippen molar-refractivity contribution < 1.29 is 27.8 Å². The molecule has 1 aliphatic heterocycles. The van der Waals surface area contributed by atoms with Crippen molar-refractivity contribution in [2.45, 2.75) is 38.5 Å². The van der Waals surface area contributed by atoms with Gasteiger partial charge in [-0.05, 0) is 25.8 Å². The first kappa shape index (κ1) is 19.6. The number of piperazine rings is 1. The Morgan fingerprint density at radius 3 is 2.69 bits per heavy atom. The number of aromatic carboxylic acids is 1. The van der Waals surface area contributed by atoms with Gasteiger partial charge >= 0.3 is 12.6 Å². The van der Waals surface area contributed by atoms with Crippen molar-refractivity contribution in [2.24, 2.45) is 0 Å². The molecule has 2 aromatic rings. The Hall–Kier alpha value is -2.75. The summed E-state index contributed by atoms with van der Waals surface area (Å²) in [6, 6.07) is 0.776. The first-order chi connectivity index (χ1) is 13.8. The highest BCUT2D eigenvalue weighted by molar-refractivity contribution is 5.97. The second kappa shape index (κ2) is 7.25. The van der Waals surface area contributed by atoms with E-state index in [1.807, 2.05) is 6.92 Å². The molecule has 7 nitrogen and oxygen atoms in total. The number of aromatic nitrogens is 1. The summed E-state index contributed by atoms with van der Waals surface area (Å²) < 4.78 is 48.0. The molecule has 156 valence electrons. The SMILES string of the molecule is CC1CN(c2c(F)cc3c(=O)c(C(=O)O)cn(C4CC4)c3c2OC(F)F)CCN1. The molecule has 1 saturated heterocycles. The Kier molecular flexibility index (Phi) is 4.89. The van der Waals surface area contributed by atoms with Gasteiger partial charge < -0.3 is 24.6 Å². The molecule has 1 saturated carbocycles. The average molecular weight is 411 g/mol. The maximum Gasteiger partial charge on any atom is 0.387 e. The highest BCUT2D eigenvalue weighted by atomic mass is 19.3. The lowest BCUT2D eigenvalue weighted by Crippen LogP contribution is -2.49. The van der Waals surface area contributed by atoms with Gasteiger partial charge in [-0.25, -0.2) is 9.18 Å². The van der Waals surface area contributed by atoms with Crippen molar-refractivity contribution in [2.75, 3.05) is 24.5 Å². The minimum atomic E-state index is -3.24. The number of pyridine rings is 1. The van der Waals surface area contributed by atoms with Crippen LogP contribution in [0, 0.1) is 5.82 Å². The van der Waals surface area contributed by atoms with E-state index in [0.717, 1.165) is 12.3 Å². The van der Waals surface area contributed by atoms with Crippen molar-refractivity contribution in [3.8, 4) is 5.75 Å². The van der Waals surface area contributed by atoms with E-state index in [0.29, 0.717) is 32.5 Å². The van der Waals surface area contributed by atoms with Gasteiger partial charge in [-0.3, -0.25) is 4.79 Å². The monoisotopic (exact) mass is 411 g/mol. The number of hydrogen-bond donors (Lipinski definition) is 2. The molecule has 0 spiro atoms. The van der Waals surface area contributed by atoms with Crippen LogP contribution in [-0.4, -0.2) is 47.9 Å². The molecule has 0 radical (unpaired) electrons. The van der Waals surface area contributed by atoms with Gasteiger partial charge in [0.15, 0.2) is 11.6 Å². The Morgan fingerprint density at radius 1 is 1.38 bits per heavy atom. The normalized spacial score (nSPS) is 19.8. The maximum absolute atomic E-state index is 15.1. The predicted octanol–water partition coefficient (Wildman–Crippen LogP) is 2.57. The van der Waals surface area contributed by atoms with E-state index < -0.39 is 35.1 Å².